The third-order valence-electron chi connectivity index (χ3n) is 3.10. The molecule has 0 aliphatic heterocycles. The second kappa shape index (κ2) is 8.68. The zero-order valence-electron chi connectivity index (χ0n) is 13.7. The van der Waals surface area contributed by atoms with Crippen LogP contribution in [0.3, 0.4) is 0 Å². The fourth-order valence-corrected chi connectivity index (χ4v) is 2.94. The van der Waals surface area contributed by atoms with E-state index in [1.165, 1.54) is 17.8 Å². The van der Waals surface area contributed by atoms with Gasteiger partial charge < -0.3 is 9.84 Å². The fourth-order valence-electron chi connectivity index (χ4n) is 2.07. The number of aromatic nitrogens is 1. The zero-order valence-corrected chi connectivity index (χ0v) is 14.5. The number of pyridine rings is 1. The van der Waals surface area contributed by atoms with Crippen LogP contribution in [-0.2, 0) is 4.79 Å². The highest BCUT2D eigenvalue weighted by Crippen LogP contribution is 2.28. The van der Waals surface area contributed by atoms with Crippen LogP contribution in [-0.4, -0.2) is 27.9 Å². The summed E-state index contributed by atoms with van der Waals surface area (Å²) < 4.78 is 19.8. The third-order valence-corrected chi connectivity index (χ3v) is 4.24. The van der Waals surface area contributed by atoms with Gasteiger partial charge in [0, 0.05) is 22.9 Å². The molecule has 0 amide bonds. The van der Waals surface area contributed by atoms with Crippen molar-refractivity contribution in [1.29, 1.82) is 0 Å². The number of hydrogen-bond donors (Lipinski definition) is 1. The summed E-state index contributed by atoms with van der Waals surface area (Å²) in [6.07, 6.45) is 0.630. The van der Waals surface area contributed by atoms with Gasteiger partial charge in [0.2, 0.25) is 5.88 Å². The Kier molecular flexibility index (Phi) is 6.61. The van der Waals surface area contributed by atoms with Crippen LogP contribution in [0.2, 0.25) is 0 Å². The van der Waals surface area contributed by atoms with Crippen molar-refractivity contribution in [2.24, 2.45) is 0 Å². The van der Waals surface area contributed by atoms with Crippen LogP contribution >= 0.6 is 11.8 Å². The van der Waals surface area contributed by atoms with E-state index in [0.29, 0.717) is 34.2 Å². The molecule has 0 spiro atoms. The minimum absolute atomic E-state index is 0.0223. The minimum atomic E-state index is -0.832. The number of nitrogens with zero attached hydrogens (tertiary/aromatic N) is 1. The highest BCUT2D eigenvalue weighted by atomic mass is 32.2. The van der Waals surface area contributed by atoms with Gasteiger partial charge in [-0.25, -0.2) is 9.37 Å². The molecular weight excluding hydrogens is 329 g/mol. The van der Waals surface area contributed by atoms with Gasteiger partial charge in [-0.1, -0.05) is 12.1 Å². The Bertz CT molecular complexity index is 706. The molecule has 1 heterocycles. The molecule has 0 bridgehead atoms. The highest BCUT2D eigenvalue weighted by Gasteiger charge is 2.09. The van der Waals surface area contributed by atoms with Crippen LogP contribution in [0.5, 0.6) is 5.88 Å². The van der Waals surface area contributed by atoms with Gasteiger partial charge in [0.25, 0.3) is 0 Å². The molecule has 0 aliphatic rings. The summed E-state index contributed by atoms with van der Waals surface area (Å²) in [6.45, 7) is 3.84. The highest BCUT2D eigenvalue weighted by molar-refractivity contribution is 7.99. The summed E-state index contributed by atoms with van der Waals surface area (Å²) in [4.78, 5) is 15.4. The molecule has 2 rings (SSSR count). The topological polar surface area (TPSA) is 59.4 Å². The molecule has 6 heteroatoms. The van der Waals surface area contributed by atoms with Crippen molar-refractivity contribution < 1.29 is 19.0 Å². The number of carbonyl (C=O) groups is 1. The van der Waals surface area contributed by atoms with Crippen LogP contribution < -0.4 is 4.74 Å². The Morgan fingerprint density at radius 2 is 2.12 bits per heavy atom. The van der Waals surface area contributed by atoms with E-state index in [-0.39, 0.29) is 18.3 Å². The van der Waals surface area contributed by atoms with Gasteiger partial charge in [0.1, 0.15) is 5.82 Å². The number of carboxylic acid groups (broad SMARTS) is 1. The summed E-state index contributed by atoms with van der Waals surface area (Å²) >= 11 is 1.32. The van der Waals surface area contributed by atoms with Crippen LogP contribution in [0.15, 0.2) is 41.3 Å². The molecular formula is C18H20FNO3S. The number of benzene rings is 1. The molecule has 0 radical (unpaired) electrons. The van der Waals surface area contributed by atoms with E-state index < -0.39 is 5.97 Å². The molecule has 1 N–H and O–H groups in total. The lowest BCUT2D eigenvalue weighted by Gasteiger charge is -2.10. The molecule has 0 unspecified atom stereocenters. The predicted octanol–water partition coefficient (Wildman–Crippen LogP) is 4.63. The lowest BCUT2D eigenvalue weighted by Crippen LogP contribution is -2.06. The van der Waals surface area contributed by atoms with Gasteiger partial charge >= 0.3 is 5.97 Å². The molecule has 0 saturated heterocycles. The molecule has 0 atom stereocenters. The van der Waals surface area contributed by atoms with E-state index in [0.717, 1.165) is 0 Å². The molecule has 128 valence electrons. The van der Waals surface area contributed by atoms with Crippen molar-refractivity contribution in [3.05, 3.63) is 42.2 Å². The van der Waals surface area contributed by atoms with Gasteiger partial charge in [-0.05, 0) is 44.2 Å². The first-order chi connectivity index (χ1) is 11.5. The average molecular weight is 349 g/mol. The Morgan fingerprint density at radius 3 is 2.79 bits per heavy atom. The Hall–Kier alpha value is -2.08. The molecule has 4 nitrogen and oxygen atoms in total. The molecule has 1 aromatic carbocycles. The van der Waals surface area contributed by atoms with Crippen LogP contribution in [0.1, 0.15) is 26.7 Å². The first-order valence-electron chi connectivity index (χ1n) is 7.74. The summed E-state index contributed by atoms with van der Waals surface area (Å²) in [5, 5.41) is 8.60. The maximum absolute atomic E-state index is 14.2. The number of thioether (sulfide) groups is 1. The predicted molar refractivity (Wildman–Crippen MR) is 93.0 cm³/mol. The second-order valence-electron chi connectivity index (χ2n) is 5.52. The number of ether oxygens (including phenoxy) is 1. The lowest BCUT2D eigenvalue weighted by molar-refractivity contribution is -0.137. The molecule has 0 fully saturated rings. The van der Waals surface area contributed by atoms with E-state index >= 15 is 0 Å². The normalized spacial score (nSPS) is 10.8. The monoisotopic (exact) mass is 349 g/mol. The van der Waals surface area contributed by atoms with Crippen LogP contribution in [0.25, 0.3) is 11.3 Å². The van der Waals surface area contributed by atoms with E-state index in [9.17, 15) is 9.18 Å². The molecule has 0 aliphatic carbocycles. The van der Waals surface area contributed by atoms with Crippen LogP contribution in [0.4, 0.5) is 4.39 Å². The maximum atomic E-state index is 14.2. The summed E-state index contributed by atoms with van der Waals surface area (Å²) in [6, 6.07) is 10.4. The molecule has 0 saturated carbocycles. The second-order valence-corrected chi connectivity index (χ2v) is 6.66. The largest absolute Gasteiger partial charge is 0.481 e. The van der Waals surface area contributed by atoms with E-state index in [2.05, 4.69) is 4.98 Å². The Balaban J connectivity index is 2.07. The number of hydrogen-bond acceptors (Lipinski definition) is 4. The van der Waals surface area contributed by atoms with Crippen molar-refractivity contribution in [3.63, 3.8) is 0 Å². The van der Waals surface area contributed by atoms with Crippen molar-refractivity contribution in [2.75, 3.05) is 5.75 Å². The first kappa shape index (κ1) is 18.3. The summed E-state index contributed by atoms with van der Waals surface area (Å²) in [5.74, 6) is -0.0840. The summed E-state index contributed by atoms with van der Waals surface area (Å²) in [5.41, 5.74) is 1.33. The SMILES string of the molecule is CC(C)Oc1cccc(-c2ccc(SCCCC(=O)O)c(F)c2)n1. The van der Waals surface area contributed by atoms with E-state index in [1.807, 2.05) is 32.0 Å². The van der Waals surface area contributed by atoms with Crippen molar-refractivity contribution in [2.45, 2.75) is 37.7 Å². The molecule has 2 aromatic rings. The smallest absolute Gasteiger partial charge is 0.303 e. The van der Waals surface area contributed by atoms with Crippen molar-refractivity contribution >= 4 is 17.7 Å². The number of rotatable bonds is 8. The van der Waals surface area contributed by atoms with Gasteiger partial charge in [-0.2, -0.15) is 0 Å². The molecule has 1 aromatic heterocycles. The number of carboxylic acids is 1. The Labute approximate surface area is 145 Å². The third kappa shape index (κ3) is 5.53. The van der Waals surface area contributed by atoms with Crippen molar-refractivity contribution in [3.8, 4) is 17.1 Å². The lowest BCUT2D eigenvalue weighted by atomic mass is 10.1. The van der Waals surface area contributed by atoms with E-state index in [4.69, 9.17) is 9.84 Å². The summed E-state index contributed by atoms with van der Waals surface area (Å²) in [7, 11) is 0. The van der Waals surface area contributed by atoms with Crippen molar-refractivity contribution in [1.82, 2.24) is 4.98 Å². The first-order valence-corrected chi connectivity index (χ1v) is 8.72. The quantitative estimate of drug-likeness (QED) is 0.556. The average Bonchev–Trinajstić information content (AvgIpc) is 2.52. The standard InChI is InChI=1S/C18H20FNO3S/c1-12(2)23-17-6-3-5-15(20-17)13-8-9-16(14(19)11-13)24-10-4-7-18(21)22/h3,5-6,8-9,11-12H,4,7,10H2,1-2H3,(H,21,22). The number of aliphatic carboxylic acids is 1. The van der Waals surface area contributed by atoms with Gasteiger partial charge in [0.05, 0.1) is 11.8 Å². The minimum Gasteiger partial charge on any atom is -0.481 e. The Morgan fingerprint density at radius 1 is 1.33 bits per heavy atom. The number of halogens is 1. The van der Waals surface area contributed by atoms with Gasteiger partial charge in [-0.15, -0.1) is 11.8 Å². The van der Waals surface area contributed by atoms with Crippen LogP contribution in [0, 0.1) is 5.82 Å². The van der Waals surface area contributed by atoms with E-state index in [1.54, 1.807) is 12.1 Å². The van der Waals surface area contributed by atoms with Gasteiger partial charge in [-0.3, -0.25) is 4.79 Å². The fraction of sp³-hybridized carbons (Fsp3) is 0.333. The maximum Gasteiger partial charge on any atom is 0.303 e. The zero-order chi connectivity index (χ0) is 17.5. The van der Waals surface area contributed by atoms with Gasteiger partial charge in [0.15, 0.2) is 0 Å². The molecule has 24 heavy (non-hydrogen) atoms.